The maximum atomic E-state index is 13.3. The molecule has 168 valence electrons. The maximum absolute atomic E-state index is 13.3. The number of urea groups is 1. The van der Waals surface area contributed by atoms with Gasteiger partial charge >= 0.3 is 6.03 Å². The SMILES string of the molecule is CC1=NN(c2ccc(C(=O)N3CCCC(CNC(=O)Nc4cccc(F)c4)C3)cc2)CC1. The number of amides is 3. The van der Waals surface area contributed by atoms with Crippen molar-refractivity contribution in [3.05, 3.63) is 59.9 Å². The van der Waals surface area contributed by atoms with Crippen molar-refractivity contribution >= 4 is 29.0 Å². The minimum Gasteiger partial charge on any atom is -0.338 e. The molecule has 0 aromatic heterocycles. The molecule has 0 aliphatic carbocycles. The van der Waals surface area contributed by atoms with Gasteiger partial charge in [-0.05, 0) is 68.1 Å². The first-order valence-electron chi connectivity index (χ1n) is 11.0. The molecule has 2 aliphatic heterocycles. The molecule has 7 nitrogen and oxygen atoms in total. The summed E-state index contributed by atoms with van der Waals surface area (Å²) in [6.07, 6.45) is 2.79. The molecule has 0 radical (unpaired) electrons. The fraction of sp³-hybridized carbons (Fsp3) is 0.375. The molecule has 4 rings (SSSR count). The number of anilines is 2. The normalized spacial score (nSPS) is 18.3. The number of carbonyl (C=O) groups excluding carboxylic acids is 2. The molecule has 1 fully saturated rings. The highest BCUT2D eigenvalue weighted by Gasteiger charge is 2.25. The van der Waals surface area contributed by atoms with Gasteiger partial charge in [0.1, 0.15) is 5.82 Å². The standard InChI is InChI=1S/C24H28FN5O2/c1-17-11-13-30(28-17)22-9-7-19(8-10-22)23(31)29-12-3-4-18(16-29)15-26-24(32)27-21-6-2-5-20(25)14-21/h2,5-10,14,18H,3-4,11-13,15-16H2,1H3,(H2,26,27,32). The molecule has 2 aromatic rings. The Kier molecular flexibility index (Phi) is 6.68. The summed E-state index contributed by atoms with van der Waals surface area (Å²) in [6, 6.07) is 13.0. The predicted molar refractivity (Wildman–Crippen MR) is 124 cm³/mol. The zero-order valence-corrected chi connectivity index (χ0v) is 18.2. The Hall–Kier alpha value is -3.42. The molecule has 0 spiro atoms. The van der Waals surface area contributed by atoms with Crippen LogP contribution in [-0.2, 0) is 0 Å². The van der Waals surface area contributed by atoms with Gasteiger partial charge in [-0.3, -0.25) is 9.80 Å². The van der Waals surface area contributed by atoms with Crippen LogP contribution in [0.1, 0.15) is 36.5 Å². The number of hydrazone groups is 1. The average Bonchev–Trinajstić information content (AvgIpc) is 3.24. The third-order valence-electron chi connectivity index (χ3n) is 5.83. The number of halogens is 1. The minimum absolute atomic E-state index is 0.00608. The molecule has 1 saturated heterocycles. The van der Waals surface area contributed by atoms with Gasteiger partial charge in [0, 0.05) is 49.6 Å². The fourth-order valence-electron chi connectivity index (χ4n) is 4.11. The number of piperidine rings is 1. The molecule has 0 saturated carbocycles. The molecule has 1 atom stereocenters. The number of nitrogens with zero attached hydrogens (tertiary/aromatic N) is 3. The van der Waals surface area contributed by atoms with E-state index in [4.69, 9.17) is 0 Å². The summed E-state index contributed by atoms with van der Waals surface area (Å²) in [4.78, 5) is 27.0. The van der Waals surface area contributed by atoms with Crippen LogP contribution in [0.3, 0.4) is 0 Å². The van der Waals surface area contributed by atoms with E-state index in [-0.39, 0.29) is 17.9 Å². The van der Waals surface area contributed by atoms with Crippen LogP contribution in [0.25, 0.3) is 0 Å². The molecule has 0 bridgehead atoms. The number of hydrogen-bond donors (Lipinski definition) is 2. The lowest BCUT2D eigenvalue weighted by Crippen LogP contribution is -2.44. The van der Waals surface area contributed by atoms with Crippen LogP contribution < -0.4 is 15.6 Å². The second-order valence-corrected chi connectivity index (χ2v) is 8.36. The third kappa shape index (κ3) is 5.43. The lowest BCUT2D eigenvalue weighted by atomic mass is 9.97. The zero-order valence-electron chi connectivity index (χ0n) is 18.2. The van der Waals surface area contributed by atoms with Crippen molar-refractivity contribution in [2.45, 2.75) is 26.2 Å². The van der Waals surface area contributed by atoms with Crippen LogP contribution in [-0.4, -0.2) is 48.7 Å². The van der Waals surface area contributed by atoms with Crippen LogP contribution in [0, 0.1) is 11.7 Å². The van der Waals surface area contributed by atoms with Gasteiger partial charge in [-0.25, -0.2) is 9.18 Å². The number of carbonyl (C=O) groups is 2. The molecule has 1 unspecified atom stereocenters. The van der Waals surface area contributed by atoms with Gasteiger partial charge in [0.15, 0.2) is 0 Å². The highest BCUT2D eigenvalue weighted by Crippen LogP contribution is 2.22. The quantitative estimate of drug-likeness (QED) is 0.740. The van der Waals surface area contributed by atoms with Crippen molar-refractivity contribution in [3.8, 4) is 0 Å². The molecule has 3 amide bonds. The van der Waals surface area contributed by atoms with Crippen molar-refractivity contribution in [3.63, 3.8) is 0 Å². The molecule has 8 heteroatoms. The van der Waals surface area contributed by atoms with Gasteiger partial charge in [0.2, 0.25) is 0 Å². The summed E-state index contributed by atoms with van der Waals surface area (Å²) < 4.78 is 13.3. The van der Waals surface area contributed by atoms with Crippen LogP contribution in [0.5, 0.6) is 0 Å². The molecular weight excluding hydrogens is 409 g/mol. The van der Waals surface area contributed by atoms with E-state index in [1.807, 2.05) is 41.1 Å². The van der Waals surface area contributed by atoms with E-state index in [0.29, 0.717) is 30.9 Å². The summed E-state index contributed by atoms with van der Waals surface area (Å²) in [5.74, 6) is -0.223. The van der Waals surface area contributed by atoms with Gasteiger partial charge in [0.25, 0.3) is 5.91 Å². The first kappa shape index (κ1) is 21.8. The Morgan fingerprint density at radius 2 is 1.97 bits per heavy atom. The van der Waals surface area contributed by atoms with Gasteiger partial charge in [0.05, 0.1) is 5.69 Å². The second kappa shape index (κ2) is 9.80. The average molecular weight is 438 g/mol. The Labute approximate surface area is 187 Å². The van der Waals surface area contributed by atoms with Gasteiger partial charge in [-0.1, -0.05) is 6.07 Å². The molecule has 2 aromatic carbocycles. The highest BCUT2D eigenvalue weighted by molar-refractivity contribution is 5.95. The van der Waals surface area contributed by atoms with E-state index in [1.165, 1.54) is 12.1 Å². The van der Waals surface area contributed by atoms with Crippen LogP contribution in [0.15, 0.2) is 53.6 Å². The Bertz CT molecular complexity index is 1010. The van der Waals surface area contributed by atoms with Crippen LogP contribution >= 0.6 is 0 Å². The number of benzene rings is 2. The van der Waals surface area contributed by atoms with Crippen molar-refractivity contribution in [1.29, 1.82) is 0 Å². The summed E-state index contributed by atoms with van der Waals surface area (Å²) in [5.41, 5.74) is 3.17. The fourth-order valence-corrected chi connectivity index (χ4v) is 4.11. The Morgan fingerprint density at radius 3 is 2.69 bits per heavy atom. The summed E-state index contributed by atoms with van der Waals surface area (Å²) in [5, 5.41) is 11.9. The van der Waals surface area contributed by atoms with Crippen molar-refractivity contribution in [1.82, 2.24) is 10.2 Å². The lowest BCUT2D eigenvalue weighted by molar-refractivity contribution is 0.0675. The maximum Gasteiger partial charge on any atom is 0.319 e. The topological polar surface area (TPSA) is 77.0 Å². The minimum atomic E-state index is -0.402. The highest BCUT2D eigenvalue weighted by atomic mass is 19.1. The molecule has 32 heavy (non-hydrogen) atoms. The third-order valence-corrected chi connectivity index (χ3v) is 5.83. The second-order valence-electron chi connectivity index (χ2n) is 8.36. The number of likely N-dealkylation sites (tertiary alicyclic amines) is 1. The van der Waals surface area contributed by atoms with E-state index in [0.717, 1.165) is 37.2 Å². The van der Waals surface area contributed by atoms with E-state index >= 15 is 0 Å². The van der Waals surface area contributed by atoms with Gasteiger partial charge < -0.3 is 15.5 Å². The predicted octanol–water partition coefficient (Wildman–Crippen LogP) is 4.09. The van der Waals surface area contributed by atoms with Crippen molar-refractivity contribution < 1.29 is 14.0 Å². The first-order chi connectivity index (χ1) is 15.5. The largest absolute Gasteiger partial charge is 0.338 e. The zero-order chi connectivity index (χ0) is 22.5. The molecule has 2 N–H and O–H groups in total. The van der Waals surface area contributed by atoms with E-state index < -0.39 is 5.82 Å². The van der Waals surface area contributed by atoms with Crippen LogP contribution in [0.4, 0.5) is 20.6 Å². The number of hydrogen-bond acceptors (Lipinski definition) is 4. The molecule has 2 aliphatic rings. The number of rotatable bonds is 5. The van der Waals surface area contributed by atoms with Crippen LogP contribution in [0.2, 0.25) is 0 Å². The van der Waals surface area contributed by atoms with Crippen molar-refractivity contribution in [2.24, 2.45) is 11.0 Å². The Balaban J connectivity index is 1.28. The Morgan fingerprint density at radius 1 is 1.16 bits per heavy atom. The molecule has 2 heterocycles. The van der Waals surface area contributed by atoms with Gasteiger partial charge in [-0.15, -0.1) is 0 Å². The van der Waals surface area contributed by atoms with E-state index in [2.05, 4.69) is 15.7 Å². The molecular formula is C24H28FN5O2. The lowest BCUT2D eigenvalue weighted by Gasteiger charge is -2.33. The summed E-state index contributed by atoms with van der Waals surface area (Å²) in [6.45, 7) is 4.65. The van der Waals surface area contributed by atoms with Crippen molar-refractivity contribution in [2.75, 3.05) is 36.5 Å². The summed E-state index contributed by atoms with van der Waals surface area (Å²) >= 11 is 0. The smallest absolute Gasteiger partial charge is 0.319 e. The van der Waals surface area contributed by atoms with E-state index in [9.17, 15) is 14.0 Å². The van der Waals surface area contributed by atoms with Gasteiger partial charge in [-0.2, -0.15) is 5.10 Å². The summed E-state index contributed by atoms with van der Waals surface area (Å²) in [7, 11) is 0. The number of nitrogens with one attached hydrogen (secondary N) is 2. The van der Waals surface area contributed by atoms with E-state index in [1.54, 1.807) is 12.1 Å². The monoisotopic (exact) mass is 437 g/mol. The first-order valence-corrected chi connectivity index (χ1v) is 11.0.